The summed E-state index contributed by atoms with van der Waals surface area (Å²) in [7, 11) is 0. The van der Waals surface area contributed by atoms with E-state index in [0.29, 0.717) is 0 Å². The van der Waals surface area contributed by atoms with Crippen molar-refractivity contribution < 1.29 is 0 Å². The van der Waals surface area contributed by atoms with E-state index in [1.807, 2.05) is 0 Å². The Morgan fingerprint density at radius 2 is 2.27 bits per heavy atom. The van der Waals surface area contributed by atoms with E-state index in [-0.39, 0.29) is 0 Å². The first kappa shape index (κ1) is 10.9. The van der Waals surface area contributed by atoms with Gasteiger partial charge in [0.15, 0.2) is 0 Å². The summed E-state index contributed by atoms with van der Waals surface area (Å²) in [6.45, 7) is 2.27. The van der Waals surface area contributed by atoms with E-state index in [2.05, 4.69) is 19.1 Å². The molecule has 0 bridgehead atoms. The minimum Gasteiger partial charge on any atom is -0.161 e. The van der Waals surface area contributed by atoms with Crippen molar-refractivity contribution >= 4 is 11.8 Å². The van der Waals surface area contributed by atoms with Gasteiger partial charge in [-0.25, -0.2) is 0 Å². The molecule has 11 heavy (non-hydrogen) atoms. The van der Waals surface area contributed by atoms with E-state index in [4.69, 9.17) is 6.42 Å². The SMILES string of the molecule is C#CCCCCC(C)CS[CH2]. The zero-order valence-corrected chi connectivity index (χ0v) is 8.12. The molecule has 0 fully saturated rings. The molecule has 0 amide bonds. The van der Waals surface area contributed by atoms with Crippen LogP contribution >= 0.6 is 11.8 Å². The summed E-state index contributed by atoms with van der Waals surface area (Å²) < 4.78 is 0. The maximum Gasteiger partial charge on any atom is 0.00860 e. The first-order valence-corrected chi connectivity index (χ1v) is 5.27. The highest BCUT2D eigenvalue weighted by Crippen LogP contribution is 2.13. The highest BCUT2D eigenvalue weighted by atomic mass is 32.2. The highest BCUT2D eigenvalue weighted by Gasteiger charge is 1.99. The second kappa shape index (κ2) is 8.01. The molecule has 0 aromatic carbocycles. The maximum atomic E-state index is 5.14. The molecule has 0 saturated heterocycles. The summed E-state index contributed by atoms with van der Waals surface area (Å²) >= 11 is 1.68. The molecule has 0 aliphatic heterocycles. The van der Waals surface area contributed by atoms with E-state index in [0.717, 1.165) is 12.3 Å². The summed E-state index contributed by atoms with van der Waals surface area (Å²) in [5.41, 5.74) is 0. The molecule has 1 radical (unpaired) electrons. The van der Waals surface area contributed by atoms with Gasteiger partial charge in [0.25, 0.3) is 0 Å². The lowest BCUT2D eigenvalue weighted by Gasteiger charge is -2.07. The predicted molar refractivity (Wildman–Crippen MR) is 54.3 cm³/mol. The van der Waals surface area contributed by atoms with Crippen LogP contribution in [-0.2, 0) is 0 Å². The third-order valence-electron chi connectivity index (χ3n) is 1.67. The van der Waals surface area contributed by atoms with Crippen molar-refractivity contribution in [3.05, 3.63) is 6.26 Å². The Morgan fingerprint density at radius 3 is 2.82 bits per heavy atom. The number of rotatable bonds is 6. The summed E-state index contributed by atoms with van der Waals surface area (Å²) in [6.07, 6.45) is 13.6. The quantitative estimate of drug-likeness (QED) is 0.434. The van der Waals surface area contributed by atoms with Crippen LogP contribution in [0.2, 0.25) is 0 Å². The van der Waals surface area contributed by atoms with Crippen molar-refractivity contribution in [3.63, 3.8) is 0 Å². The number of thioether (sulfide) groups is 1. The van der Waals surface area contributed by atoms with Crippen molar-refractivity contribution in [1.82, 2.24) is 0 Å². The normalized spacial score (nSPS) is 12.5. The molecular formula is C10H17S. The molecule has 0 N–H and O–H groups in total. The molecule has 0 spiro atoms. The highest BCUT2D eigenvalue weighted by molar-refractivity contribution is 8.00. The zero-order valence-electron chi connectivity index (χ0n) is 7.31. The van der Waals surface area contributed by atoms with Gasteiger partial charge in [0, 0.05) is 12.7 Å². The van der Waals surface area contributed by atoms with Crippen LogP contribution in [0.3, 0.4) is 0 Å². The molecule has 0 nitrogen and oxygen atoms in total. The molecule has 0 heterocycles. The number of terminal acetylenes is 1. The molecule has 0 saturated carbocycles. The van der Waals surface area contributed by atoms with Gasteiger partial charge in [-0.2, -0.15) is 11.8 Å². The van der Waals surface area contributed by atoms with E-state index < -0.39 is 0 Å². The van der Waals surface area contributed by atoms with Crippen molar-refractivity contribution in [2.45, 2.75) is 32.6 Å². The van der Waals surface area contributed by atoms with Crippen molar-refractivity contribution in [1.29, 1.82) is 0 Å². The summed E-state index contributed by atoms with van der Waals surface area (Å²) in [5.74, 6) is 4.63. The van der Waals surface area contributed by atoms with Gasteiger partial charge in [-0.05, 0) is 24.5 Å². The minimum atomic E-state index is 0.801. The number of hydrogen-bond donors (Lipinski definition) is 0. The first-order chi connectivity index (χ1) is 5.31. The Hall–Kier alpha value is -0.0900. The Labute approximate surface area is 75.1 Å². The zero-order chi connectivity index (χ0) is 8.53. The first-order valence-electron chi connectivity index (χ1n) is 4.11. The molecule has 1 heteroatoms. The van der Waals surface area contributed by atoms with Gasteiger partial charge in [0.2, 0.25) is 0 Å². The molecule has 0 rings (SSSR count). The predicted octanol–water partition coefficient (Wildman–Crippen LogP) is 3.34. The van der Waals surface area contributed by atoms with Crippen LogP contribution in [0.1, 0.15) is 32.6 Å². The van der Waals surface area contributed by atoms with Gasteiger partial charge >= 0.3 is 0 Å². The second-order valence-electron chi connectivity index (χ2n) is 2.93. The topological polar surface area (TPSA) is 0 Å². The van der Waals surface area contributed by atoms with Crippen LogP contribution < -0.4 is 0 Å². The average molecular weight is 169 g/mol. The lowest BCUT2D eigenvalue weighted by atomic mass is 10.1. The fourth-order valence-electron chi connectivity index (χ4n) is 1.00. The lowest BCUT2D eigenvalue weighted by molar-refractivity contribution is 0.550. The lowest BCUT2D eigenvalue weighted by Crippen LogP contribution is -1.96. The average Bonchev–Trinajstić information content (AvgIpc) is 1.99. The third kappa shape index (κ3) is 7.81. The van der Waals surface area contributed by atoms with Crippen LogP contribution in [-0.4, -0.2) is 5.75 Å². The molecular weight excluding hydrogens is 152 g/mol. The van der Waals surface area contributed by atoms with E-state index in [1.54, 1.807) is 11.8 Å². The third-order valence-corrected chi connectivity index (χ3v) is 2.48. The molecule has 0 aromatic heterocycles. The van der Waals surface area contributed by atoms with Crippen LogP contribution in [0, 0.1) is 24.5 Å². The van der Waals surface area contributed by atoms with Gasteiger partial charge in [0.1, 0.15) is 0 Å². The molecule has 63 valence electrons. The Bertz CT molecular complexity index is 113. The monoisotopic (exact) mass is 169 g/mol. The largest absolute Gasteiger partial charge is 0.161 e. The summed E-state index contributed by atoms with van der Waals surface area (Å²) in [4.78, 5) is 0. The van der Waals surface area contributed by atoms with Gasteiger partial charge in [-0.3, -0.25) is 0 Å². The maximum absolute atomic E-state index is 5.14. The van der Waals surface area contributed by atoms with Crippen LogP contribution in [0.25, 0.3) is 0 Å². The molecule has 1 unspecified atom stereocenters. The van der Waals surface area contributed by atoms with E-state index in [9.17, 15) is 0 Å². The van der Waals surface area contributed by atoms with Crippen molar-refractivity contribution in [3.8, 4) is 12.3 Å². The Kier molecular flexibility index (Phi) is 7.95. The van der Waals surface area contributed by atoms with Gasteiger partial charge in [-0.1, -0.05) is 13.3 Å². The second-order valence-corrected chi connectivity index (χ2v) is 3.67. The summed E-state index contributed by atoms with van der Waals surface area (Å²) in [6, 6.07) is 0. The van der Waals surface area contributed by atoms with Crippen LogP contribution in [0.15, 0.2) is 0 Å². The van der Waals surface area contributed by atoms with Gasteiger partial charge < -0.3 is 0 Å². The number of unbranched alkanes of at least 4 members (excludes halogenated alkanes) is 2. The van der Waals surface area contributed by atoms with Gasteiger partial charge in [-0.15, -0.1) is 12.3 Å². The fourth-order valence-corrected chi connectivity index (χ4v) is 1.57. The Morgan fingerprint density at radius 1 is 1.55 bits per heavy atom. The summed E-state index contributed by atoms with van der Waals surface area (Å²) in [5, 5.41) is 0. The molecule has 0 aliphatic rings. The number of hydrogen-bond acceptors (Lipinski definition) is 1. The standard InChI is InChI=1S/C10H17S/c1-4-5-6-7-8-10(2)9-11-3/h1,10H,3,5-9H2,2H3. The smallest absolute Gasteiger partial charge is 0.00860 e. The van der Waals surface area contributed by atoms with Crippen molar-refractivity contribution in [2.75, 3.05) is 5.75 Å². The van der Waals surface area contributed by atoms with Crippen LogP contribution in [0.5, 0.6) is 0 Å². The molecule has 0 aliphatic carbocycles. The molecule has 1 atom stereocenters. The van der Waals surface area contributed by atoms with E-state index in [1.165, 1.54) is 25.0 Å². The molecule has 0 aromatic rings. The van der Waals surface area contributed by atoms with Crippen LogP contribution in [0.4, 0.5) is 0 Å². The fraction of sp³-hybridized carbons (Fsp3) is 0.700. The van der Waals surface area contributed by atoms with Gasteiger partial charge in [0.05, 0.1) is 0 Å². The van der Waals surface area contributed by atoms with Crippen molar-refractivity contribution in [2.24, 2.45) is 5.92 Å². The van der Waals surface area contributed by atoms with E-state index >= 15 is 0 Å². The minimum absolute atomic E-state index is 0.801. The Balaban J connectivity index is 3.05.